The Bertz CT molecular complexity index is 1140. The fourth-order valence-electron chi connectivity index (χ4n) is 5.24. The van der Waals surface area contributed by atoms with Crippen molar-refractivity contribution in [2.24, 2.45) is 5.92 Å². The van der Waals surface area contributed by atoms with Crippen molar-refractivity contribution in [1.29, 1.82) is 0 Å². The molecule has 3 atom stereocenters. The molecule has 2 bridgehead atoms. The van der Waals surface area contributed by atoms with Crippen LogP contribution in [0, 0.1) is 5.92 Å². The molecule has 3 aromatic rings. The largest absolute Gasteiger partial charge is 0.493 e. The molecule has 5 rings (SSSR count). The van der Waals surface area contributed by atoms with Crippen molar-refractivity contribution in [2.75, 3.05) is 26.1 Å². The Kier molecular flexibility index (Phi) is 6.50. The number of fused-ring (bicyclic) bond motifs is 3. The number of halogens is 2. The van der Waals surface area contributed by atoms with E-state index in [1.807, 2.05) is 18.2 Å². The summed E-state index contributed by atoms with van der Waals surface area (Å²) in [5.41, 5.74) is 1.57. The maximum Gasteiger partial charge on any atom is 0.163 e. The Morgan fingerprint density at radius 3 is 2.55 bits per heavy atom. The van der Waals surface area contributed by atoms with Crippen LogP contribution in [0.3, 0.4) is 0 Å². The lowest BCUT2D eigenvalue weighted by atomic mass is 9.89. The number of nitrogens with zero attached hydrogens (tertiary/aromatic N) is 3. The Morgan fingerprint density at radius 1 is 1.03 bits per heavy atom. The fourth-order valence-corrected chi connectivity index (χ4v) is 5.54. The number of nitrogens with one attached hydrogen (secondary N) is 1. The molecule has 0 saturated carbocycles. The molecule has 0 amide bonds. The van der Waals surface area contributed by atoms with Crippen molar-refractivity contribution in [3.05, 3.63) is 46.7 Å². The molecular formula is C25H28Cl2N4O2. The van der Waals surface area contributed by atoms with Gasteiger partial charge in [-0.05, 0) is 69.3 Å². The number of piperidine rings is 1. The van der Waals surface area contributed by atoms with Gasteiger partial charge < -0.3 is 19.7 Å². The van der Waals surface area contributed by atoms with Crippen LogP contribution in [0.4, 0.5) is 11.5 Å². The van der Waals surface area contributed by atoms with E-state index in [9.17, 15) is 0 Å². The summed E-state index contributed by atoms with van der Waals surface area (Å²) in [6.45, 7) is 0.676. The molecule has 2 fully saturated rings. The molecule has 2 saturated heterocycles. The van der Waals surface area contributed by atoms with Crippen LogP contribution in [0.15, 0.2) is 36.7 Å². The summed E-state index contributed by atoms with van der Waals surface area (Å²) >= 11 is 12.2. The maximum absolute atomic E-state index is 6.19. The topological polar surface area (TPSA) is 59.5 Å². The van der Waals surface area contributed by atoms with Gasteiger partial charge in [-0.3, -0.25) is 0 Å². The predicted octanol–water partition coefficient (Wildman–Crippen LogP) is 6.33. The summed E-state index contributed by atoms with van der Waals surface area (Å²) in [6, 6.07) is 10.7. The van der Waals surface area contributed by atoms with Crippen LogP contribution in [0.2, 0.25) is 10.0 Å². The number of methoxy groups -OCH3 is 1. The van der Waals surface area contributed by atoms with Gasteiger partial charge >= 0.3 is 0 Å². The lowest BCUT2D eigenvalue weighted by molar-refractivity contribution is 0.119. The molecule has 8 heteroatoms. The van der Waals surface area contributed by atoms with Crippen LogP contribution in [-0.4, -0.2) is 47.7 Å². The Balaban J connectivity index is 1.31. The van der Waals surface area contributed by atoms with Gasteiger partial charge in [-0.2, -0.15) is 0 Å². The Morgan fingerprint density at radius 2 is 1.82 bits per heavy atom. The van der Waals surface area contributed by atoms with Gasteiger partial charge in [0.25, 0.3) is 0 Å². The van der Waals surface area contributed by atoms with Crippen LogP contribution < -0.4 is 14.8 Å². The van der Waals surface area contributed by atoms with E-state index in [1.54, 1.807) is 19.2 Å². The minimum atomic E-state index is 0.478. The zero-order valence-electron chi connectivity index (χ0n) is 18.9. The van der Waals surface area contributed by atoms with Crippen molar-refractivity contribution < 1.29 is 9.47 Å². The van der Waals surface area contributed by atoms with Gasteiger partial charge in [0.2, 0.25) is 0 Å². The molecule has 0 radical (unpaired) electrons. The van der Waals surface area contributed by atoms with E-state index in [4.69, 9.17) is 32.7 Å². The van der Waals surface area contributed by atoms with E-state index < -0.39 is 0 Å². The van der Waals surface area contributed by atoms with Gasteiger partial charge in [0.1, 0.15) is 12.1 Å². The van der Waals surface area contributed by atoms with E-state index in [-0.39, 0.29) is 0 Å². The summed E-state index contributed by atoms with van der Waals surface area (Å²) in [5.74, 6) is 2.76. The number of anilines is 2. The molecule has 6 nitrogen and oxygen atoms in total. The van der Waals surface area contributed by atoms with Crippen molar-refractivity contribution in [1.82, 2.24) is 14.9 Å². The first-order chi connectivity index (χ1) is 16.0. The smallest absolute Gasteiger partial charge is 0.163 e. The van der Waals surface area contributed by atoms with Gasteiger partial charge in [-0.1, -0.05) is 23.2 Å². The van der Waals surface area contributed by atoms with Gasteiger partial charge in [0.05, 0.1) is 29.3 Å². The second-order valence-electron chi connectivity index (χ2n) is 9.02. The number of hydrogen-bond acceptors (Lipinski definition) is 6. The third kappa shape index (κ3) is 4.70. The van der Waals surface area contributed by atoms with Crippen molar-refractivity contribution in [2.45, 2.75) is 44.2 Å². The van der Waals surface area contributed by atoms with Crippen molar-refractivity contribution in [3.63, 3.8) is 0 Å². The van der Waals surface area contributed by atoms with E-state index in [0.717, 1.165) is 41.0 Å². The highest BCUT2D eigenvalue weighted by atomic mass is 35.5. The molecule has 33 heavy (non-hydrogen) atoms. The lowest BCUT2D eigenvalue weighted by Crippen LogP contribution is -2.40. The highest BCUT2D eigenvalue weighted by molar-refractivity contribution is 6.42. The molecule has 1 unspecified atom stereocenters. The summed E-state index contributed by atoms with van der Waals surface area (Å²) < 4.78 is 11.8. The van der Waals surface area contributed by atoms with Gasteiger partial charge in [-0.15, -0.1) is 0 Å². The number of aromatic nitrogens is 2. The molecule has 3 heterocycles. The standard InChI is InChI=1S/C25H28Cl2N4O2/c1-31-17-4-5-18(31)10-15(9-17)7-8-33-24-13-22-19(12-23(24)32-2)25(29-14-28-22)30-16-3-6-20(26)21(27)11-16/h3,6,11-15,17-18H,4-5,7-10H2,1-2H3,(H,28,29,30)/t15?,17-,18+. The highest BCUT2D eigenvalue weighted by Gasteiger charge is 2.38. The van der Waals surface area contributed by atoms with Crippen LogP contribution in [0.25, 0.3) is 10.9 Å². The van der Waals surface area contributed by atoms with E-state index >= 15 is 0 Å². The third-order valence-corrected chi connectivity index (χ3v) is 7.82. The van der Waals surface area contributed by atoms with Gasteiger partial charge in [-0.25, -0.2) is 9.97 Å². The fraction of sp³-hybridized carbons (Fsp3) is 0.440. The quantitative estimate of drug-likeness (QED) is 0.420. The average Bonchev–Trinajstić information content (AvgIpc) is 3.01. The monoisotopic (exact) mass is 486 g/mol. The van der Waals surface area contributed by atoms with E-state index in [2.05, 4.69) is 27.2 Å². The molecule has 174 valence electrons. The summed E-state index contributed by atoms with van der Waals surface area (Å²) in [5, 5.41) is 5.11. The first kappa shape index (κ1) is 22.5. The Labute approximate surface area is 204 Å². The summed E-state index contributed by atoms with van der Waals surface area (Å²) in [7, 11) is 3.93. The molecule has 1 N–H and O–H groups in total. The Hall–Kier alpha value is -2.28. The molecule has 1 aromatic heterocycles. The molecule has 2 aliphatic rings. The van der Waals surface area contributed by atoms with Crippen molar-refractivity contribution in [3.8, 4) is 11.5 Å². The SMILES string of the molecule is COc1cc2c(Nc3ccc(Cl)c(Cl)c3)ncnc2cc1OCCC1C[C@H]2CC[C@@H](C1)N2C. The molecule has 0 spiro atoms. The van der Waals surface area contributed by atoms with Crippen LogP contribution >= 0.6 is 23.2 Å². The van der Waals surface area contributed by atoms with Gasteiger partial charge in [0.15, 0.2) is 11.5 Å². The molecule has 2 aromatic carbocycles. The minimum Gasteiger partial charge on any atom is -0.493 e. The number of rotatable bonds is 7. The average molecular weight is 487 g/mol. The zero-order valence-corrected chi connectivity index (χ0v) is 20.4. The highest BCUT2D eigenvalue weighted by Crippen LogP contribution is 2.39. The lowest BCUT2D eigenvalue weighted by Gasteiger charge is -2.36. The van der Waals surface area contributed by atoms with Crippen LogP contribution in [0.5, 0.6) is 11.5 Å². The normalized spacial score (nSPS) is 22.5. The van der Waals surface area contributed by atoms with E-state index in [1.165, 1.54) is 32.0 Å². The second-order valence-corrected chi connectivity index (χ2v) is 9.84. The number of benzene rings is 2. The van der Waals surface area contributed by atoms with Gasteiger partial charge in [0, 0.05) is 29.2 Å². The molecule has 2 aliphatic heterocycles. The number of ether oxygens (including phenoxy) is 2. The maximum atomic E-state index is 6.19. The van der Waals surface area contributed by atoms with Crippen LogP contribution in [0.1, 0.15) is 32.1 Å². The first-order valence-corrected chi connectivity index (χ1v) is 12.2. The van der Waals surface area contributed by atoms with E-state index in [0.29, 0.717) is 34.0 Å². The zero-order chi connectivity index (χ0) is 22.9. The first-order valence-electron chi connectivity index (χ1n) is 11.4. The third-order valence-electron chi connectivity index (χ3n) is 7.08. The molecular weight excluding hydrogens is 459 g/mol. The summed E-state index contributed by atoms with van der Waals surface area (Å²) in [6.07, 6.45) is 7.84. The van der Waals surface area contributed by atoms with Crippen LogP contribution in [-0.2, 0) is 0 Å². The van der Waals surface area contributed by atoms with Crippen molar-refractivity contribution >= 4 is 45.6 Å². The molecule has 0 aliphatic carbocycles. The number of hydrogen-bond donors (Lipinski definition) is 1. The minimum absolute atomic E-state index is 0.478. The second kappa shape index (κ2) is 9.53. The predicted molar refractivity (Wildman–Crippen MR) is 133 cm³/mol. The summed E-state index contributed by atoms with van der Waals surface area (Å²) in [4.78, 5) is 11.4.